The maximum atomic E-state index is 14.6. The molecule has 436 valence electrons. The van der Waals surface area contributed by atoms with Gasteiger partial charge in [-0.2, -0.15) is 0 Å². The first kappa shape index (κ1) is 65.3. The highest BCUT2D eigenvalue weighted by Gasteiger charge is 2.50. The van der Waals surface area contributed by atoms with E-state index >= 15 is 0 Å². The van der Waals surface area contributed by atoms with Crippen molar-refractivity contribution >= 4 is 41.1 Å². The Hall–Kier alpha value is -5.20. The van der Waals surface area contributed by atoms with Gasteiger partial charge in [-0.25, -0.2) is 5.43 Å². The van der Waals surface area contributed by atoms with Crippen molar-refractivity contribution in [3.8, 4) is 0 Å². The van der Waals surface area contributed by atoms with Gasteiger partial charge in [0.2, 0.25) is 17.7 Å². The molecule has 4 amide bonds. The maximum absolute atomic E-state index is 14.6. The molecule has 0 aromatic heterocycles. The fourth-order valence-electron chi connectivity index (χ4n) is 10.8. The number of nitrogens with one attached hydrogen (secondary N) is 4. The van der Waals surface area contributed by atoms with E-state index in [2.05, 4.69) is 49.1 Å². The van der Waals surface area contributed by atoms with Crippen LogP contribution in [-0.4, -0.2) is 117 Å². The zero-order valence-corrected chi connectivity index (χ0v) is 48.5. The second kappa shape index (κ2) is 31.6. The number of fused-ring (bicyclic) bond motifs is 2. The third kappa shape index (κ3) is 18.7. The van der Waals surface area contributed by atoms with E-state index in [9.17, 15) is 44.1 Å². The summed E-state index contributed by atoms with van der Waals surface area (Å²) < 4.78 is 12.9. The predicted octanol–water partition coefficient (Wildman–Crippen LogP) is 6.95. The lowest BCUT2D eigenvalue weighted by Crippen LogP contribution is -2.65. The van der Waals surface area contributed by atoms with Crippen LogP contribution in [0.25, 0.3) is 0 Å². The van der Waals surface area contributed by atoms with Crippen LogP contribution < -0.4 is 27.1 Å². The van der Waals surface area contributed by atoms with E-state index in [0.29, 0.717) is 55.9 Å². The van der Waals surface area contributed by atoms with Gasteiger partial charge in [0.1, 0.15) is 35.7 Å². The number of nitrogens with zero attached hydrogens (tertiary/aromatic N) is 1. The van der Waals surface area contributed by atoms with Gasteiger partial charge in [-0.3, -0.25) is 29.0 Å². The number of nitrogens with two attached hydrogens (primary N) is 1. The summed E-state index contributed by atoms with van der Waals surface area (Å²) in [4.78, 5) is 82.3. The first-order chi connectivity index (χ1) is 36.9. The number of aliphatic hydroxyl groups excluding tert-OH is 3. The van der Waals surface area contributed by atoms with E-state index in [1.54, 1.807) is 63.3 Å². The first-order valence-corrected chi connectivity index (χ1v) is 28.8. The van der Waals surface area contributed by atoms with Crippen molar-refractivity contribution in [3.05, 3.63) is 77.9 Å². The highest BCUT2D eigenvalue weighted by molar-refractivity contribution is 5.93. The number of carbonyl (C=O) groups excluding carboxylic acids is 6. The van der Waals surface area contributed by atoms with E-state index in [4.69, 9.17) is 15.2 Å². The number of carbonyl (C=O) groups is 6. The van der Waals surface area contributed by atoms with Crippen LogP contribution >= 0.6 is 0 Å². The fraction of sp³-hybridized carbons (Fsp3) is 0.672. The van der Waals surface area contributed by atoms with E-state index in [1.807, 2.05) is 39.0 Å². The molecule has 2 saturated heterocycles. The molecule has 1 aromatic carbocycles. The van der Waals surface area contributed by atoms with Crippen molar-refractivity contribution in [2.45, 2.75) is 201 Å². The number of nitrogen functional groups attached to an aromatic ring is 1. The molecule has 15 atom stereocenters. The Labute approximate surface area is 465 Å². The number of hydrogen-bond donors (Lipinski definition) is 8. The quantitative estimate of drug-likeness (QED) is 0.0374. The molecule has 9 N–H and O–H groups in total. The molecule has 0 saturated carbocycles. The Balaban J connectivity index is 1.55. The average Bonchev–Trinajstić information content (AvgIpc) is 3.40. The summed E-state index contributed by atoms with van der Waals surface area (Å²) in [5.74, 6) is -4.64. The number of piperidine rings is 1. The van der Waals surface area contributed by atoms with E-state index in [0.717, 1.165) is 24.8 Å². The molecule has 0 spiro atoms. The molecule has 1 aromatic rings. The first-order valence-electron chi connectivity index (χ1n) is 28.8. The summed E-state index contributed by atoms with van der Waals surface area (Å²) in [6, 6.07) is 3.70. The number of hydrogen-bond acceptors (Lipinski definition) is 13. The summed E-state index contributed by atoms with van der Waals surface area (Å²) in [5, 5.41) is 44.4. The Bertz CT molecular complexity index is 2270. The second-order valence-corrected chi connectivity index (χ2v) is 23.0. The van der Waals surface area contributed by atoms with Crippen molar-refractivity contribution in [1.29, 1.82) is 0 Å². The van der Waals surface area contributed by atoms with Crippen molar-refractivity contribution in [2.75, 3.05) is 18.9 Å². The number of esters is 1. The number of aliphatic hydroxyl groups is 3. The monoisotopic (exact) mass is 1090 g/mol. The molecule has 2 bridgehead atoms. The van der Waals surface area contributed by atoms with Gasteiger partial charge in [-0.15, -0.1) is 0 Å². The molecule has 0 radical (unpaired) electrons. The standard InChI is InChI=1S/C61H96N6O11/c1-12-38(5)44(11)61(41(8)34-46(13-2)56(72)65-61)77-33-31-51(69)39(6)22-16-14-17-23-40(7)53-28-19-15-18-27-52(70)43(10)55(71)48(30-29-42(9)68)57(73)64-54(37(3)4)58(74)63-50(36-45-24-20-25-47(62)35-45)59(75)67-32-21-26-49(66-67)60(76)78-53/h14-15,17-20,23-25,27,35,37-39,41,43-44,46,48-55,66,69-71H,12-13,16,21-22,26,28-34,36,62H2,1-11H3,(H,63,74)(H,64,73)(H,65,72). The normalized spacial score (nSPS) is 30.1. The molecule has 17 nitrogen and oxygen atoms in total. The minimum Gasteiger partial charge on any atom is -0.456 e. The van der Waals surface area contributed by atoms with Crippen molar-refractivity contribution in [1.82, 2.24) is 26.4 Å². The molecular weight excluding hydrogens is 993 g/mol. The predicted molar refractivity (Wildman–Crippen MR) is 303 cm³/mol. The zero-order chi connectivity index (χ0) is 57.9. The Morgan fingerprint density at radius 1 is 0.974 bits per heavy atom. The number of cyclic esters (lactones) is 1. The number of benzene rings is 1. The lowest BCUT2D eigenvalue weighted by atomic mass is 9.71. The molecule has 3 aliphatic rings. The number of Topliss-reactive ketones (excluding diaryl/α,β-unsaturated/α-hetero) is 1. The molecule has 3 heterocycles. The number of hydrazine groups is 1. The molecule has 3 aliphatic heterocycles. The summed E-state index contributed by atoms with van der Waals surface area (Å²) in [6.07, 6.45) is 13.8. The van der Waals surface area contributed by atoms with Gasteiger partial charge in [0.15, 0.2) is 0 Å². The van der Waals surface area contributed by atoms with Gasteiger partial charge >= 0.3 is 5.97 Å². The number of ether oxygens (including phenoxy) is 2. The van der Waals surface area contributed by atoms with Crippen LogP contribution in [0.1, 0.15) is 152 Å². The topological polar surface area (TPSA) is 259 Å². The molecule has 15 unspecified atom stereocenters. The number of ketones is 1. The third-order valence-corrected chi connectivity index (χ3v) is 16.7. The SMILES string of the molecule is CCC1CC(C)C(OCCC(O)C(C)CCC=CC=C(C)C2CC=CC=CC(O)C(C)C(O)C(CCC(C)=O)C(=O)NC(C(C)C)C(=O)NC(Cc3cccc(N)c3)C(=O)N3CCCC(N3)C(=O)O2)(C(C)C(C)CC)NC1=O. The molecule has 4 rings (SSSR count). The van der Waals surface area contributed by atoms with Crippen LogP contribution in [-0.2, 0) is 44.7 Å². The van der Waals surface area contributed by atoms with Crippen molar-refractivity contribution < 1.29 is 53.6 Å². The van der Waals surface area contributed by atoms with Crippen LogP contribution in [0.4, 0.5) is 5.69 Å². The molecular formula is C61H96N6O11. The van der Waals surface area contributed by atoms with Crippen LogP contribution in [0.5, 0.6) is 0 Å². The number of anilines is 1. The van der Waals surface area contributed by atoms with Crippen LogP contribution in [0.3, 0.4) is 0 Å². The molecule has 0 aliphatic carbocycles. The van der Waals surface area contributed by atoms with Gasteiger partial charge in [0, 0.05) is 55.2 Å². The average molecular weight is 1090 g/mol. The smallest absolute Gasteiger partial charge is 0.325 e. The van der Waals surface area contributed by atoms with E-state index in [-0.39, 0.29) is 67.6 Å². The highest BCUT2D eigenvalue weighted by Crippen LogP contribution is 2.41. The summed E-state index contributed by atoms with van der Waals surface area (Å²) in [5.41, 5.74) is 10.3. The van der Waals surface area contributed by atoms with Gasteiger partial charge in [-0.1, -0.05) is 123 Å². The van der Waals surface area contributed by atoms with Gasteiger partial charge in [0.05, 0.1) is 30.8 Å². The fourth-order valence-corrected chi connectivity index (χ4v) is 10.8. The summed E-state index contributed by atoms with van der Waals surface area (Å²) >= 11 is 0. The van der Waals surface area contributed by atoms with Crippen LogP contribution in [0.15, 0.2) is 72.4 Å². The Morgan fingerprint density at radius 3 is 2.37 bits per heavy atom. The van der Waals surface area contributed by atoms with E-state index < -0.39 is 89.7 Å². The lowest BCUT2D eigenvalue weighted by molar-refractivity contribution is -0.186. The molecule has 2 fully saturated rings. The van der Waals surface area contributed by atoms with Gasteiger partial charge < -0.3 is 51.3 Å². The van der Waals surface area contributed by atoms with Crippen LogP contribution in [0.2, 0.25) is 0 Å². The molecule has 17 heteroatoms. The largest absolute Gasteiger partial charge is 0.456 e. The van der Waals surface area contributed by atoms with Crippen molar-refractivity contribution in [2.24, 2.45) is 47.3 Å². The second-order valence-electron chi connectivity index (χ2n) is 23.0. The van der Waals surface area contributed by atoms with Gasteiger partial charge in [0.25, 0.3) is 5.91 Å². The van der Waals surface area contributed by atoms with Crippen molar-refractivity contribution in [3.63, 3.8) is 0 Å². The highest BCUT2D eigenvalue weighted by atomic mass is 16.5. The molecule has 78 heavy (non-hydrogen) atoms. The number of rotatable bonds is 20. The Morgan fingerprint density at radius 2 is 1.71 bits per heavy atom. The lowest BCUT2D eigenvalue weighted by Gasteiger charge is -2.50. The maximum Gasteiger partial charge on any atom is 0.325 e. The number of amides is 4. The minimum atomic E-state index is -1.41. The van der Waals surface area contributed by atoms with Crippen LogP contribution in [0, 0.1) is 47.3 Å². The Kier molecular flexibility index (Phi) is 26.4. The van der Waals surface area contributed by atoms with Gasteiger partial charge in [-0.05, 0) is 106 Å². The minimum absolute atomic E-state index is 0.0207. The zero-order valence-electron chi connectivity index (χ0n) is 48.5. The van der Waals surface area contributed by atoms with E-state index in [1.165, 1.54) is 18.0 Å². The number of allylic oxidation sites excluding steroid dienone is 5. The summed E-state index contributed by atoms with van der Waals surface area (Å²) in [7, 11) is 0. The summed E-state index contributed by atoms with van der Waals surface area (Å²) in [6.45, 7) is 21.6. The third-order valence-electron chi connectivity index (χ3n) is 16.7.